The van der Waals surface area contributed by atoms with Crippen molar-refractivity contribution in [3.05, 3.63) is 53.4 Å². The maximum absolute atomic E-state index is 16.5. The Morgan fingerprint density at radius 3 is 2.73 bits per heavy atom. The van der Waals surface area contributed by atoms with Crippen LogP contribution in [-0.2, 0) is 0 Å². The van der Waals surface area contributed by atoms with Gasteiger partial charge in [0.1, 0.15) is 23.6 Å². The van der Waals surface area contributed by atoms with E-state index in [1.807, 2.05) is 37.4 Å². The number of aliphatic hydroxyl groups is 1. The number of rotatable bonds is 7. The van der Waals surface area contributed by atoms with Crippen molar-refractivity contribution in [1.82, 2.24) is 25.2 Å². The lowest BCUT2D eigenvalue weighted by Crippen LogP contribution is -2.53. The summed E-state index contributed by atoms with van der Waals surface area (Å²) < 4.78 is 22.7. The highest BCUT2D eigenvalue weighted by Gasteiger charge is 2.31. The molecule has 4 heterocycles. The molecular weight excluding hydrogens is 543 g/mol. The predicted octanol–water partition coefficient (Wildman–Crippen LogP) is 5.05. The molecule has 8 nitrogen and oxygen atoms in total. The molecule has 0 unspecified atom stereocenters. The van der Waals surface area contributed by atoms with Crippen LogP contribution in [0.1, 0.15) is 33.1 Å². The number of anilines is 1. The fourth-order valence-electron chi connectivity index (χ4n) is 6.31. The van der Waals surface area contributed by atoms with Crippen molar-refractivity contribution in [2.45, 2.75) is 57.3 Å². The highest BCUT2D eigenvalue weighted by molar-refractivity contribution is 6.36. The van der Waals surface area contributed by atoms with Gasteiger partial charge in [0.25, 0.3) is 0 Å². The molecule has 0 amide bonds. The van der Waals surface area contributed by atoms with Crippen LogP contribution in [0.5, 0.6) is 6.01 Å². The highest BCUT2D eigenvalue weighted by atomic mass is 35.5. The molecule has 2 aromatic heterocycles. The number of nitrogens with one attached hydrogen (secondary N) is 1. The van der Waals surface area contributed by atoms with Gasteiger partial charge in [-0.25, -0.2) is 4.39 Å². The van der Waals surface area contributed by atoms with Gasteiger partial charge in [0, 0.05) is 47.3 Å². The number of aliphatic hydroxyl groups excluding tert-OH is 1. The van der Waals surface area contributed by atoms with Crippen LogP contribution in [0.3, 0.4) is 0 Å². The molecule has 0 spiro atoms. The average Bonchev–Trinajstić information content (AvgIpc) is 3.46. The van der Waals surface area contributed by atoms with Gasteiger partial charge in [-0.3, -0.25) is 9.88 Å². The summed E-state index contributed by atoms with van der Waals surface area (Å²) in [7, 11) is 1.83. The first-order valence-electron chi connectivity index (χ1n) is 14.4. The summed E-state index contributed by atoms with van der Waals surface area (Å²) in [5.41, 5.74) is 0.930. The number of likely N-dealkylation sites (N-methyl/N-ethyl adjacent to an activating group) is 1. The van der Waals surface area contributed by atoms with Crippen LogP contribution in [0.15, 0.2) is 42.6 Å². The number of benzene rings is 2. The van der Waals surface area contributed by atoms with Gasteiger partial charge in [-0.15, -0.1) is 0 Å². The molecule has 0 bridgehead atoms. The van der Waals surface area contributed by atoms with Crippen LogP contribution in [0.2, 0.25) is 5.02 Å². The molecule has 3 atom stereocenters. The van der Waals surface area contributed by atoms with E-state index in [9.17, 15) is 5.11 Å². The lowest BCUT2D eigenvalue weighted by Gasteiger charge is -2.37. The first-order chi connectivity index (χ1) is 19.9. The SMILES string of the molecule is CN[C@@H]1CN(c2nc(OC[C@@H]3CCCN3C(C)C)nc3c(F)c(-c4cccc5cccc(Cl)c45)ncc23)CC[C@H]1O. The van der Waals surface area contributed by atoms with E-state index >= 15 is 4.39 Å². The van der Waals surface area contributed by atoms with Crippen molar-refractivity contribution >= 4 is 39.1 Å². The van der Waals surface area contributed by atoms with Gasteiger partial charge < -0.3 is 20.1 Å². The summed E-state index contributed by atoms with van der Waals surface area (Å²) in [5, 5.41) is 16.3. The van der Waals surface area contributed by atoms with Crippen molar-refractivity contribution in [3.63, 3.8) is 0 Å². The zero-order valence-corrected chi connectivity index (χ0v) is 24.4. The molecular formula is C31H36ClFN6O2. The summed E-state index contributed by atoms with van der Waals surface area (Å²) in [6.45, 7) is 6.92. The van der Waals surface area contributed by atoms with Crippen molar-refractivity contribution in [2.75, 3.05) is 38.2 Å². The van der Waals surface area contributed by atoms with Gasteiger partial charge >= 0.3 is 6.01 Å². The van der Waals surface area contributed by atoms with Crippen molar-refractivity contribution < 1.29 is 14.2 Å². The van der Waals surface area contributed by atoms with Crippen LogP contribution in [0, 0.1) is 5.82 Å². The van der Waals surface area contributed by atoms with Gasteiger partial charge in [-0.1, -0.05) is 41.9 Å². The van der Waals surface area contributed by atoms with Crippen molar-refractivity contribution in [2.24, 2.45) is 0 Å². The second-order valence-corrected chi connectivity index (χ2v) is 11.7. The largest absolute Gasteiger partial charge is 0.462 e. The highest BCUT2D eigenvalue weighted by Crippen LogP contribution is 2.37. The molecule has 0 saturated carbocycles. The van der Waals surface area contributed by atoms with Crippen LogP contribution in [0.25, 0.3) is 32.9 Å². The number of piperidine rings is 1. The third kappa shape index (κ3) is 5.32. The molecule has 2 aromatic carbocycles. The van der Waals surface area contributed by atoms with E-state index in [0.29, 0.717) is 53.9 Å². The molecule has 6 rings (SSSR count). The lowest BCUT2D eigenvalue weighted by molar-refractivity contribution is 0.111. The molecule has 2 saturated heterocycles. The van der Waals surface area contributed by atoms with Gasteiger partial charge in [0.05, 0.1) is 17.5 Å². The predicted molar refractivity (Wildman–Crippen MR) is 161 cm³/mol. The molecule has 2 fully saturated rings. The van der Waals surface area contributed by atoms with Crippen LogP contribution in [-0.4, -0.2) is 82.5 Å². The zero-order chi connectivity index (χ0) is 28.7. The Balaban J connectivity index is 1.45. The minimum absolute atomic E-state index is 0.141. The van der Waals surface area contributed by atoms with Crippen LogP contribution < -0.4 is 15.0 Å². The standard InChI is InChI=1S/C31H36ClFN6O2/c1-18(2)39-13-6-9-20(39)17-41-31-36-29-22(30(37-31)38-14-12-25(40)24(16-38)34-3)15-35-28(27(29)33)21-10-4-7-19-8-5-11-23(32)26(19)21/h4-5,7-8,10-11,15,18,20,24-25,34,40H,6,9,12-14,16-17H2,1-3H3/t20-,24+,25+/m0/s1. The molecule has 216 valence electrons. The van der Waals surface area contributed by atoms with Crippen LogP contribution in [0.4, 0.5) is 10.2 Å². The fourth-order valence-corrected chi connectivity index (χ4v) is 6.59. The number of hydrogen-bond donors (Lipinski definition) is 2. The summed E-state index contributed by atoms with van der Waals surface area (Å²) in [6.07, 6.45) is 3.88. The molecule has 10 heteroatoms. The number of aromatic nitrogens is 3. The van der Waals surface area contributed by atoms with Crippen molar-refractivity contribution in [3.8, 4) is 17.3 Å². The molecule has 4 aromatic rings. The lowest BCUT2D eigenvalue weighted by atomic mass is 10.0. The Morgan fingerprint density at radius 2 is 1.95 bits per heavy atom. The normalized spacial score (nSPS) is 21.8. The van der Waals surface area contributed by atoms with E-state index in [1.165, 1.54) is 0 Å². The van der Waals surface area contributed by atoms with E-state index in [-0.39, 0.29) is 29.3 Å². The maximum atomic E-state index is 16.5. The molecule has 41 heavy (non-hydrogen) atoms. The van der Waals surface area contributed by atoms with E-state index in [2.05, 4.69) is 38.9 Å². The number of halogens is 2. The smallest absolute Gasteiger partial charge is 0.319 e. The number of likely N-dealkylation sites (tertiary alicyclic amines) is 1. The monoisotopic (exact) mass is 578 g/mol. The maximum Gasteiger partial charge on any atom is 0.319 e. The minimum atomic E-state index is -0.546. The summed E-state index contributed by atoms with van der Waals surface area (Å²) in [4.78, 5) is 18.5. The van der Waals surface area contributed by atoms with E-state index in [4.69, 9.17) is 21.3 Å². The van der Waals surface area contributed by atoms with Crippen molar-refractivity contribution in [1.29, 1.82) is 0 Å². The zero-order valence-electron chi connectivity index (χ0n) is 23.6. The first kappa shape index (κ1) is 28.0. The Bertz CT molecular complexity index is 1560. The van der Waals surface area contributed by atoms with Gasteiger partial charge in [0.15, 0.2) is 5.82 Å². The molecule has 2 aliphatic heterocycles. The molecule has 2 N–H and O–H groups in total. The number of fused-ring (bicyclic) bond motifs is 2. The molecule has 0 radical (unpaired) electrons. The second-order valence-electron chi connectivity index (χ2n) is 11.3. The third-order valence-electron chi connectivity index (χ3n) is 8.49. The quantitative estimate of drug-likeness (QED) is 0.315. The topological polar surface area (TPSA) is 86.6 Å². The summed E-state index contributed by atoms with van der Waals surface area (Å²) in [6, 6.07) is 11.9. The first-order valence-corrected chi connectivity index (χ1v) is 14.8. The van der Waals surface area contributed by atoms with Gasteiger partial charge in [-0.05, 0) is 58.2 Å². The second kappa shape index (κ2) is 11.6. The third-order valence-corrected chi connectivity index (χ3v) is 8.80. The Labute approximate surface area is 244 Å². The van der Waals surface area contributed by atoms with E-state index in [1.54, 1.807) is 12.3 Å². The Hall–Kier alpha value is -3.11. The van der Waals surface area contributed by atoms with Gasteiger partial charge in [-0.2, -0.15) is 9.97 Å². The summed E-state index contributed by atoms with van der Waals surface area (Å²) >= 11 is 6.58. The fraction of sp³-hybridized carbons (Fsp3) is 0.452. The van der Waals surface area contributed by atoms with Gasteiger partial charge in [0.2, 0.25) is 0 Å². The molecule has 2 aliphatic rings. The number of ether oxygens (including phenoxy) is 1. The number of pyridine rings is 1. The Morgan fingerprint density at radius 1 is 1.15 bits per heavy atom. The van der Waals surface area contributed by atoms with E-state index in [0.717, 1.165) is 30.2 Å². The summed E-state index contributed by atoms with van der Waals surface area (Å²) in [5.74, 6) is 0.00786. The van der Waals surface area contributed by atoms with Crippen LogP contribution >= 0.6 is 11.6 Å². The molecule has 0 aliphatic carbocycles. The average molecular weight is 579 g/mol. The number of nitrogens with zero attached hydrogens (tertiary/aromatic N) is 5. The Kier molecular flexibility index (Phi) is 7.96. The van der Waals surface area contributed by atoms with E-state index < -0.39 is 11.9 Å². The number of hydrogen-bond acceptors (Lipinski definition) is 8. The minimum Gasteiger partial charge on any atom is -0.462 e.